The molecule has 0 bridgehead atoms. The number of allylic oxidation sites excluding steroid dienone is 1. The third-order valence-corrected chi connectivity index (χ3v) is 2.62. The number of ether oxygens (including phenoxy) is 1. The molecule has 0 aromatic rings. The average Bonchev–Trinajstić information content (AvgIpc) is 2.24. The van der Waals surface area contributed by atoms with E-state index < -0.39 is 5.60 Å². The van der Waals surface area contributed by atoms with E-state index in [1.54, 1.807) is 0 Å². The summed E-state index contributed by atoms with van der Waals surface area (Å²) < 4.78 is 5.46. The first-order chi connectivity index (χ1) is 8.76. The number of esters is 1. The van der Waals surface area contributed by atoms with Gasteiger partial charge in [-0.25, -0.2) is 0 Å². The summed E-state index contributed by atoms with van der Waals surface area (Å²) in [6, 6.07) is -0.192. The van der Waals surface area contributed by atoms with Crippen LogP contribution < -0.4 is 5.32 Å². The van der Waals surface area contributed by atoms with Crippen LogP contribution in [0.2, 0.25) is 0 Å². The highest BCUT2D eigenvalue weighted by atomic mass is 16.6. The van der Waals surface area contributed by atoms with Crippen molar-refractivity contribution < 1.29 is 9.53 Å². The highest BCUT2D eigenvalue weighted by Crippen LogP contribution is 2.13. The van der Waals surface area contributed by atoms with Gasteiger partial charge >= 0.3 is 5.97 Å². The predicted octanol–water partition coefficient (Wildman–Crippen LogP) is 3.69. The Morgan fingerprint density at radius 3 is 2.42 bits per heavy atom. The van der Waals surface area contributed by atoms with Crippen LogP contribution >= 0.6 is 0 Å². The third kappa shape index (κ3) is 10.8. The molecule has 0 saturated heterocycles. The van der Waals surface area contributed by atoms with Gasteiger partial charge in [-0.1, -0.05) is 19.9 Å². The van der Waals surface area contributed by atoms with Gasteiger partial charge in [0.05, 0.1) is 0 Å². The third-order valence-electron chi connectivity index (χ3n) is 2.62. The second-order valence-corrected chi connectivity index (χ2v) is 6.45. The number of carbonyl (C=O) groups excluding carboxylic acids is 1. The lowest BCUT2D eigenvalue weighted by Crippen LogP contribution is -2.42. The molecule has 0 saturated carbocycles. The molecule has 0 fully saturated rings. The number of rotatable bonds is 9. The molecule has 3 nitrogen and oxygen atoms in total. The topological polar surface area (TPSA) is 38.3 Å². The van der Waals surface area contributed by atoms with Crippen LogP contribution in [0.4, 0.5) is 0 Å². The molecule has 1 atom stereocenters. The van der Waals surface area contributed by atoms with Crippen molar-refractivity contribution in [2.75, 3.05) is 6.54 Å². The van der Waals surface area contributed by atoms with Crippen LogP contribution in [-0.4, -0.2) is 24.2 Å². The monoisotopic (exact) mass is 269 g/mol. The van der Waals surface area contributed by atoms with Crippen molar-refractivity contribution in [3.63, 3.8) is 0 Å². The Balaban J connectivity index is 4.22. The Morgan fingerprint density at radius 2 is 1.95 bits per heavy atom. The highest BCUT2D eigenvalue weighted by molar-refractivity contribution is 5.76. The zero-order chi connectivity index (χ0) is 14.9. The van der Waals surface area contributed by atoms with Crippen LogP contribution in [0.5, 0.6) is 0 Å². The molecule has 0 heterocycles. The van der Waals surface area contributed by atoms with E-state index >= 15 is 0 Å². The van der Waals surface area contributed by atoms with Crippen LogP contribution in [-0.2, 0) is 9.53 Å². The van der Waals surface area contributed by atoms with Crippen molar-refractivity contribution in [1.82, 2.24) is 5.32 Å². The second kappa shape index (κ2) is 9.13. The lowest BCUT2D eigenvalue weighted by molar-refractivity contribution is -0.158. The van der Waals surface area contributed by atoms with E-state index in [9.17, 15) is 4.79 Å². The summed E-state index contributed by atoms with van der Waals surface area (Å²) in [5.41, 5.74) is -0.420. The summed E-state index contributed by atoms with van der Waals surface area (Å²) in [7, 11) is 0. The maximum Gasteiger partial charge on any atom is 0.323 e. The normalized spacial score (nSPS) is 13.4. The van der Waals surface area contributed by atoms with Gasteiger partial charge in [0.1, 0.15) is 11.6 Å². The van der Waals surface area contributed by atoms with E-state index in [1.165, 1.54) is 0 Å². The fourth-order valence-corrected chi connectivity index (χ4v) is 1.80. The lowest BCUT2D eigenvalue weighted by atomic mass is 10.0. The Bertz CT molecular complexity index is 266. The molecule has 0 unspecified atom stereocenters. The van der Waals surface area contributed by atoms with Gasteiger partial charge in [-0.2, -0.15) is 0 Å². The summed E-state index contributed by atoms with van der Waals surface area (Å²) >= 11 is 0. The summed E-state index contributed by atoms with van der Waals surface area (Å²) in [4.78, 5) is 12.1. The second-order valence-electron chi connectivity index (χ2n) is 6.45. The van der Waals surface area contributed by atoms with Crippen molar-refractivity contribution >= 4 is 5.97 Å². The Labute approximate surface area is 118 Å². The number of hydrogen-bond donors (Lipinski definition) is 1. The molecule has 0 rings (SSSR count). The molecule has 112 valence electrons. The largest absolute Gasteiger partial charge is 0.459 e. The van der Waals surface area contributed by atoms with Crippen molar-refractivity contribution in [3.8, 4) is 0 Å². The summed E-state index contributed by atoms with van der Waals surface area (Å²) in [5, 5.41) is 3.32. The minimum atomic E-state index is -0.420. The Morgan fingerprint density at radius 1 is 1.32 bits per heavy atom. The SMILES string of the molecule is C=CCCCCN[C@@H](CC(C)C)C(=O)OC(C)(C)C. The molecule has 0 spiro atoms. The molecule has 0 aliphatic carbocycles. The number of carbonyl (C=O) groups is 1. The molecule has 19 heavy (non-hydrogen) atoms. The Hall–Kier alpha value is -0.830. The number of nitrogens with one attached hydrogen (secondary N) is 1. The predicted molar refractivity (Wildman–Crippen MR) is 81.1 cm³/mol. The lowest BCUT2D eigenvalue weighted by Gasteiger charge is -2.25. The summed E-state index contributed by atoms with van der Waals surface area (Å²) in [6.45, 7) is 14.5. The fourth-order valence-electron chi connectivity index (χ4n) is 1.80. The van der Waals surface area contributed by atoms with E-state index in [-0.39, 0.29) is 12.0 Å². The quantitative estimate of drug-likeness (QED) is 0.394. The maximum atomic E-state index is 12.1. The van der Waals surface area contributed by atoms with Gasteiger partial charge in [0, 0.05) is 0 Å². The van der Waals surface area contributed by atoms with Crippen LogP contribution in [0, 0.1) is 5.92 Å². The molecule has 0 aromatic heterocycles. The van der Waals surface area contributed by atoms with Gasteiger partial charge in [-0.05, 0) is 58.9 Å². The summed E-state index contributed by atoms with van der Waals surface area (Å²) in [5.74, 6) is 0.336. The highest BCUT2D eigenvalue weighted by Gasteiger charge is 2.25. The molecule has 1 N–H and O–H groups in total. The minimum absolute atomic E-state index is 0.134. The first kappa shape index (κ1) is 18.2. The van der Waals surface area contributed by atoms with E-state index in [0.717, 1.165) is 32.2 Å². The van der Waals surface area contributed by atoms with E-state index in [4.69, 9.17) is 4.74 Å². The molecule has 0 radical (unpaired) electrons. The molecule has 0 aliphatic rings. The van der Waals surface area contributed by atoms with Crippen LogP contribution in [0.3, 0.4) is 0 Å². The maximum absolute atomic E-state index is 12.1. The van der Waals surface area contributed by atoms with Crippen LogP contribution in [0.25, 0.3) is 0 Å². The van der Waals surface area contributed by atoms with Crippen LogP contribution in [0.15, 0.2) is 12.7 Å². The first-order valence-electron chi connectivity index (χ1n) is 7.33. The van der Waals surface area contributed by atoms with E-state index in [1.807, 2.05) is 26.8 Å². The first-order valence-corrected chi connectivity index (χ1v) is 7.33. The minimum Gasteiger partial charge on any atom is -0.459 e. The van der Waals surface area contributed by atoms with Gasteiger partial charge in [-0.15, -0.1) is 6.58 Å². The van der Waals surface area contributed by atoms with Gasteiger partial charge in [0.2, 0.25) is 0 Å². The van der Waals surface area contributed by atoms with E-state index in [0.29, 0.717) is 5.92 Å². The molecule has 0 amide bonds. The smallest absolute Gasteiger partial charge is 0.323 e. The van der Waals surface area contributed by atoms with Gasteiger partial charge in [-0.3, -0.25) is 4.79 Å². The van der Waals surface area contributed by atoms with Crippen molar-refractivity contribution in [1.29, 1.82) is 0 Å². The van der Waals surface area contributed by atoms with E-state index in [2.05, 4.69) is 25.7 Å². The molecular weight excluding hydrogens is 238 g/mol. The summed E-state index contributed by atoms with van der Waals surface area (Å²) in [6.07, 6.45) is 5.95. The molecule has 3 heteroatoms. The number of unbranched alkanes of at least 4 members (excludes halogenated alkanes) is 2. The van der Waals surface area contributed by atoms with Gasteiger partial charge in [0.25, 0.3) is 0 Å². The number of hydrogen-bond acceptors (Lipinski definition) is 3. The van der Waals surface area contributed by atoms with Crippen LogP contribution in [0.1, 0.15) is 60.3 Å². The van der Waals surface area contributed by atoms with Crippen molar-refractivity contribution in [3.05, 3.63) is 12.7 Å². The van der Waals surface area contributed by atoms with Gasteiger partial charge in [0.15, 0.2) is 0 Å². The fraction of sp³-hybridized carbons (Fsp3) is 0.812. The average molecular weight is 269 g/mol. The standard InChI is InChI=1S/C16H31NO2/c1-7-8-9-10-11-17-14(12-13(2)3)15(18)19-16(4,5)6/h7,13-14,17H,1,8-12H2,2-6H3/t14-/m0/s1. The molecule has 0 aliphatic heterocycles. The van der Waals surface area contributed by atoms with Gasteiger partial charge < -0.3 is 10.1 Å². The molecular formula is C16H31NO2. The Kier molecular flexibility index (Phi) is 8.73. The zero-order valence-electron chi connectivity index (χ0n) is 13.3. The van der Waals surface area contributed by atoms with Crippen molar-refractivity contribution in [2.45, 2.75) is 71.9 Å². The van der Waals surface area contributed by atoms with Crippen molar-refractivity contribution in [2.24, 2.45) is 5.92 Å². The molecule has 0 aromatic carbocycles. The zero-order valence-corrected chi connectivity index (χ0v) is 13.3.